The van der Waals surface area contributed by atoms with E-state index in [0.717, 1.165) is 16.3 Å². The van der Waals surface area contributed by atoms with Gasteiger partial charge in [0, 0.05) is 4.88 Å². The number of halogens is 2. The van der Waals surface area contributed by atoms with E-state index in [0.29, 0.717) is 10.0 Å². The monoisotopic (exact) mass is 300 g/mol. The van der Waals surface area contributed by atoms with Crippen LogP contribution in [0.3, 0.4) is 0 Å². The summed E-state index contributed by atoms with van der Waals surface area (Å²) in [4.78, 5) is 5.68. The summed E-state index contributed by atoms with van der Waals surface area (Å²) in [6, 6.07) is 5.82. The molecule has 1 N–H and O–H groups in total. The van der Waals surface area contributed by atoms with E-state index in [2.05, 4.69) is 10.3 Å². The second kappa shape index (κ2) is 5.57. The quantitative estimate of drug-likeness (QED) is 0.910. The molecule has 0 amide bonds. The topological polar surface area (TPSA) is 24.9 Å². The largest absolute Gasteiger partial charge is 0.309 e. The molecule has 1 aromatic carbocycles. The summed E-state index contributed by atoms with van der Waals surface area (Å²) >= 11 is 13.7. The molecule has 2 aromatic rings. The van der Waals surface area contributed by atoms with Gasteiger partial charge in [-0.05, 0) is 38.6 Å². The third kappa shape index (κ3) is 2.69. The molecule has 2 nitrogen and oxygen atoms in total. The molecule has 0 saturated carbocycles. The highest BCUT2D eigenvalue weighted by Gasteiger charge is 2.18. The molecule has 0 bridgehead atoms. The Kier molecular flexibility index (Phi) is 4.28. The molecule has 0 aliphatic carbocycles. The number of nitrogens with zero attached hydrogens (tertiary/aromatic N) is 1. The maximum Gasteiger partial charge on any atom is 0.0900 e. The summed E-state index contributed by atoms with van der Waals surface area (Å²) in [5.74, 6) is 0. The van der Waals surface area contributed by atoms with E-state index in [-0.39, 0.29) is 6.04 Å². The van der Waals surface area contributed by atoms with Crippen LogP contribution in [0.4, 0.5) is 0 Å². The van der Waals surface area contributed by atoms with E-state index in [9.17, 15) is 0 Å². The molecule has 0 aliphatic heterocycles. The van der Waals surface area contributed by atoms with Crippen molar-refractivity contribution in [2.24, 2.45) is 0 Å². The van der Waals surface area contributed by atoms with Crippen LogP contribution in [0.5, 0.6) is 0 Å². The van der Waals surface area contributed by atoms with Gasteiger partial charge in [-0.1, -0.05) is 29.3 Å². The van der Waals surface area contributed by atoms with Gasteiger partial charge in [-0.25, -0.2) is 4.98 Å². The van der Waals surface area contributed by atoms with Crippen LogP contribution in [-0.4, -0.2) is 12.0 Å². The van der Waals surface area contributed by atoms with Crippen LogP contribution in [0.15, 0.2) is 18.2 Å². The smallest absolute Gasteiger partial charge is 0.0900 e. The third-order valence-electron chi connectivity index (χ3n) is 2.77. The Bertz CT molecular complexity index is 566. The molecule has 0 fully saturated rings. The zero-order chi connectivity index (χ0) is 13.3. The minimum atomic E-state index is 0.103. The first-order valence-corrected chi connectivity index (χ1v) is 7.16. The molecule has 0 aliphatic rings. The van der Waals surface area contributed by atoms with Gasteiger partial charge in [0.05, 0.1) is 26.8 Å². The Morgan fingerprint density at radius 3 is 2.44 bits per heavy atom. The number of nitrogens with one attached hydrogen (secondary N) is 1. The fraction of sp³-hybridized carbons (Fsp3) is 0.308. The van der Waals surface area contributed by atoms with Crippen molar-refractivity contribution < 1.29 is 0 Å². The van der Waals surface area contributed by atoms with Crippen LogP contribution in [0.25, 0.3) is 0 Å². The number of aryl methyl sites for hydroxylation is 2. The Labute approximate surface area is 121 Å². The zero-order valence-electron chi connectivity index (χ0n) is 10.4. The van der Waals surface area contributed by atoms with Crippen LogP contribution < -0.4 is 5.32 Å². The van der Waals surface area contributed by atoms with Crippen molar-refractivity contribution in [2.75, 3.05) is 7.05 Å². The summed E-state index contributed by atoms with van der Waals surface area (Å²) in [7, 11) is 1.93. The number of rotatable bonds is 3. The number of aromatic nitrogens is 1. The highest BCUT2D eigenvalue weighted by atomic mass is 35.5. The Morgan fingerprint density at radius 1 is 1.22 bits per heavy atom. The molecule has 0 spiro atoms. The van der Waals surface area contributed by atoms with Crippen molar-refractivity contribution in [1.29, 1.82) is 0 Å². The van der Waals surface area contributed by atoms with E-state index < -0.39 is 0 Å². The molecular weight excluding hydrogens is 287 g/mol. The fourth-order valence-electron chi connectivity index (χ4n) is 1.96. The molecular formula is C13H14Cl2N2S. The summed E-state index contributed by atoms with van der Waals surface area (Å²) in [6.07, 6.45) is 0. The fourth-order valence-corrected chi connectivity index (χ4v) is 3.33. The molecule has 18 heavy (non-hydrogen) atoms. The van der Waals surface area contributed by atoms with E-state index in [4.69, 9.17) is 23.2 Å². The Balaban J connectivity index is 2.45. The first kappa shape index (κ1) is 13.8. The van der Waals surface area contributed by atoms with Crippen LogP contribution in [0, 0.1) is 13.8 Å². The minimum absolute atomic E-state index is 0.103. The van der Waals surface area contributed by atoms with Gasteiger partial charge in [-0.15, -0.1) is 11.3 Å². The Hall–Kier alpha value is -0.610. The van der Waals surface area contributed by atoms with Gasteiger partial charge in [-0.2, -0.15) is 0 Å². The highest BCUT2D eigenvalue weighted by Crippen LogP contribution is 2.32. The second-order valence-electron chi connectivity index (χ2n) is 4.08. The first-order valence-electron chi connectivity index (χ1n) is 5.59. The van der Waals surface area contributed by atoms with Crippen molar-refractivity contribution >= 4 is 34.5 Å². The lowest BCUT2D eigenvalue weighted by Gasteiger charge is -2.16. The molecule has 1 unspecified atom stereocenters. The van der Waals surface area contributed by atoms with E-state index in [1.54, 1.807) is 11.3 Å². The van der Waals surface area contributed by atoms with Crippen molar-refractivity contribution in [3.05, 3.63) is 49.4 Å². The average molecular weight is 301 g/mol. The molecule has 1 atom stereocenters. The number of hydrogen-bond acceptors (Lipinski definition) is 3. The summed E-state index contributed by atoms with van der Waals surface area (Å²) in [5.41, 5.74) is 2.15. The van der Waals surface area contributed by atoms with E-state index in [1.165, 1.54) is 4.88 Å². The van der Waals surface area contributed by atoms with Crippen molar-refractivity contribution in [3.63, 3.8) is 0 Å². The molecule has 1 aromatic heterocycles. The standard InChI is InChI=1S/C13H14Cl2N2S/c1-7-13(18-8(2)17-7)12(16-3)9-4-5-10(14)11(15)6-9/h4-6,12,16H,1-3H3. The van der Waals surface area contributed by atoms with E-state index in [1.807, 2.05) is 39.1 Å². The average Bonchev–Trinajstić information content (AvgIpc) is 2.64. The molecule has 0 radical (unpaired) electrons. The normalized spacial score (nSPS) is 12.7. The van der Waals surface area contributed by atoms with Crippen LogP contribution in [0.2, 0.25) is 10.0 Å². The van der Waals surface area contributed by atoms with Gasteiger partial charge in [0.2, 0.25) is 0 Å². The van der Waals surface area contributed by atoms with E-state index >= 15 is 0 Å². The predicted molar refractivity (Wildman–Crippen MR) is 79.0 cm³/mol. The third-order valence-corrected chi connectivity index (χ3v) is 4.64. The molecule has 0 saturated heterocycles. The first-order chi connectivity index (χ1) is 8.52. The number of thiazole rings is 1. The molecule has 5 heteroatoms. The molecule has 2 rings (SSSR count). The van der Waals surface area contributed by atoms with Gasteiger partial charge in [0.1, 0.15) is 0 Å². The van der Waals surface area contributed by atoms with Gasteiger partial charge in [0.25, 0.3) is 0 Å². The second-order valence-corrected chi connectivity index (χ2v) is 6.13. The van der Waals surface area contributed by atoms with Crippen molar-refractivity contribution in [2.45, 2.75) is 19.9 Å². The predicted octanol–water partition coefficient (Wildman–Crippen LogP) is 4.38. The molecule has 96 valence electrons. The van der Waals surface area contributed by atoms with Gasteiger partial charge >= 0.3 is 0 Å². The van der Waals surface area contributed by atoms with Crippen molar-refractivity contribution in [1.82, 2.24) is 10.3 Å². The minimum Gasteiger partial charge on any atom is -0.309 e. The lowest BCUT2D eigenvalue weighted by atomic mass is 10.0. The van der Waals surface area contributed by atoms with Crippen LogP contribution in [0.1, 0.15) is 27.2 Å². The van der Waals surface area contributed by atoms with Gasteiger partial charge < -0.3 is 5.32 Å². The molecule has 1 heterocycles. The number of hydrogen-bond donors (Lipinski definition) is 1. The Morgan fingerprint density at radius 2 is 1.94 bits per heavy atom. The lowest BCUT2D eigenvalue weighted by molar-refractivity contribution is 0.698. The summed E-state index contributed by atoms with van der Waals surface area (Å²) in [6.45, 7) is 4.05. The number of benzene rings is 1. The van der Waals surface area contributed by atoms with Crippen LogP contribution >= 0.6 is 34.5 Å². The maximum atomic E-state index is 6.08. The maximum absolute atomic E-state index is 6.08. The summed E-state index contributed by atoms with van der Waals surface area (Å²) < 4.78 is 0. The summed E-state index contributed by atoms with van der Waals surface area (Å²) in [5, 5.41) is 5.53. The zero-order valence-corrected chi connectivity index (χ0v) is 12.7. The van der Waals surface area contributed by atoms with Crippen molar-refractivity contribution in [3.8, 4) is 0 Å². The SMILES string of the molecule is CNC(c1ccc(Cl)c(Cl)c1)c1sc(C)nc1C. The van der Waals surface area contributed by atoms with Gasteiger partial charge in [0.15, 0.2) is 0 Å². The lowest BCUT2D eigenvalue weighted by Crippen LogP contribution is -2.17. The van der Waals surface area contributed by atoms with Crippen LogP contribution in [-0.2, 0) is 0 Å². The highest BCUT2D eigenvalue weighted by molar-refractivity contribution is 7.11. The van der Waals surface area contributed by atoms with Gasteiger partial charge in [-0.3, -0.25) is 0 Å².